The Balaban J connectivity index is 0.00000243. The van der Waals surface area contributed by atoms with Gasteiger partial charge < -0.3 is 10.1 Å². The van der Waals surface area contributed by atoms with Crippen molar-refractivity contribution in [2.75, 3.05) is 13.2 Å². The predicted octanol–water partition coefficient (Wildman–Crippen LogP) is 2.92. The lowest BCUT2D eigenvalue weighted by molar-refractivity contribution is 0.0532. The normalized spacial score (nSPS) is 20.5. The fourth-order valence-corrected chi connectivity index (χ4v) is 5.27. The lowest BCUT2D eigenvalue weighted by Crippen LogP contribution is -2.46. The van der Waals surface area contributed by atoms with E-state index in [9.17, 15) is 13.2 Å². The molecule has 144 valence electrons. The molecule has 1 aromatic heterocycles. The number of ether oxygens (including phenoxy) is 1. The summed E-state index contributed by atoms with van der Waals surface area (Å²) in [6, 6.07) is 6.86. The van der Waals surface area contributed by atoms with Gasteiger partial charge in [0.1, 0.15) is 4.88 Å². The highest BCUT2D eigenvalue weighted by Crippen LogP contribution is 2.28. The number of sulfonamides is 1. The van der Waals surface area contributed by atoms with Crippen molar-refractivity contribution in [3.63, 3.8) is 0 Å². The molecule has 0 amide bonds. The average molecular weight is 419 g/mol. The van der Waals surface area contributed by atoms with Gasteiger partial charge in [-0.1, -0.05) is 0 Å². The van der Waals surface area contributed by atoms with Crippen LogP contribution in [0.15, 0.2) is 29.2 Å². The highest BCUT2D eigenvalue weighted by molar-refractivity contribution is 7.89. The van der Waals surface area contributed by atoms with Gasteiger partial charge in [-0.2, -0.15) is 0 Å². The van der Waals surface area contributed by atoms with Crippen molar-refractivity contribution in [1.29, 1.82) is 0 Å². The largest absolute Gasteiger partial charge is 0.462 e. The second-order valence-corrected chi connectivity index (χ2v) is 9.03. The number of rotatable bonds is 5. The number of halogens is 1. The Morgan fingerprint density at radius 3 is 2.85 bits per heavy atom. The van der Waals surface area contributed by atoms with E-state index >= 15 is 0 Å². The Hall–Kier alpha value is -1.19. The standard InChI is InChI=1S/C17H22N2O4S2.ClH/c1-3-23-17(20)16-10-12-9-14(4-5-15(12)24-16)25(21,22)19-13-6-7-18-11(2)8-13;/h4-5,9-11,13,18-19H,3,6-8H2,1-2H3;1H. The molecule has 9 heteroatoms. The number of carbonyl (C=O) groups excluding carboxylic acids is 1. The number of thiophene rings is 1. The van der Waals surface area contributed by atoms with E-state index in [1.807, 2.05) is 0 Å². The topological polar surface area (TPSA) is 84.5 Å². The third-order valence-electron chi connectivity index (χ3n) is 4.22. The summed E-state index contributed by atoms with van der Waals surface area (Å²) >= 11 is 1.30. The van der Waals surface area contributed by atoms with E-state index in [-0.39, 0.29) is 29.3 Å². The van der Waals surface area contributed by atoms with E-state index in [1.54, 1.807) is 31.2 Å². The second-order valence-electron chi connectivity index (χ2n) is 6.23. The maximum absolute atomic E-state index is 12.7. The van der Waals surface area contributed by atoms with Crippen molar-refractivity contribution < 1.29 is 17.9 Å². The van der Waals surface area contributed by atoms with Gasteiger partial charge in [0.05, 0.1) is 11.5 Å². The molecule has 2 aromatic rings. The summed E-state index contributed by atoms with van der Waals surface area (Å²) in [4.78, 5) is 12.5. The first-order valence-electron chi connectivity index (χ1n) is 8.35. The first-order chi connectivity index (χ1) is 11.9. The number of hydrogen-bond donors (Lipinski definition) is 2. The van der Waals surface area contributed by atoms with Crippen molar-refractivity contribution in [2.45, 2.75) is 43.7 Å². The highest BCUT2D eigenvalue weighted by Gasteiger charge is 2.25. The van der Waals surface area contributed by atoms with Crippen LogP contribution in [0.1, 0.15) is 36.4 Å². The van der Waals surface area contributed by atoms with Gasteiger partial charge in [-0.15, -0.1) is 23.7 Å². The van der Waals surface area contributed by atoms with Crippen LogP contribution in [0, 0.1) is 0 Å². The lowest BCUT2D eigenvalue weighted by atomic mass is 10.0. The summed E-state index contributed by atoms with van der Waals surface area (Å²) in [5, 5.41) is 4.04. The van der Waals surface area contributed by atoms with Gasteiger partial charge in [-0.05, 0) is 62.9 Å². The first kappa shape index (κ1) is 21.1. The summed E-state index contributed by atoms with van der Waals surface area (Å²) in [7, 11) is -3.59. The van der Waals surface area contributed by atoms with Crippen molar-refractivity contribution >= 4 is 49.8 Å². The quantitative estimate of drug-likeness (QED) is 0.729. The van der Waals surface area contributed by atoms with Crippen LogP contribution < -0.4 is 10.0 Å². The van der Waals surface area contributed by atoms with E-state index < -0.39 is 10.0 Å². The molecule has 1 fully saturated rings. The fraction of sp³-hybridized carbons (Fsp3) is 0.471. The van der Waals surface area contributed by atoms with Gasteiger partial charge in [-0.25, -0.2) is 17.9 Å². The summed E-state index contributed by atoms with van der Waals surface area (Å²) in [6.45, 7) is 4.92. The molecular weight excluding hydrogens is 396 g/mol. The molecule has 0 aliphatic carbocycles. The minimum Gasteiger partial charge on any atom is -0.462 e. The van der Waals surface area contributed by atoms with Gasteiger partial charge in [0, 0.05) is 16.8 Å². The molecule has 1 saturated heterocycles. The number of nitrogens with one attached hydrogen (secondary N) is 2. The zero-order valence-electron chi connectivity index (χ0n) is 14.7. The molecular formula is C17H23ClN2O4S2. The van der Waals surface area contributed by atoms with Crippen LogP contribution >= 0.6 is 23.7 Å². The van der Waals surface area contributed by atoms with Crippen LogP contribution in [0.4, 0.5) is 0 Å². The summed E-state index contributed by atoms with van der Waals surface area (Å²) < 4.78 is 34.0. The minimum atomic E-state index is -3.59. The molecule has 0 bridgehead atoms. The van der Waals surface area contributed by atoms with Crippen molar-refractivity contribution in [3.05, 3.63) is 29.1 Å². The predicted molar refractivity (Wildman–Crippen MR) is 106 cm³/mol. The molecule has 2 heterocycles. The number of hydrogen-bond acceptors (Lipinski definition) is 6. The Kier molecular flexibility index (Phi) is 7.04. The molecule has 6 nitrogen and oxygen atoms in total. The third-order valence-corrected chi connectivity index (χ3v) is 6.83. The summed E-state index contributed by atoms with van der Waals surface area (Å²) in [6.07, 6.45) is 1.55. The highest BCUT2D eigenvalue weighted by atomic mass is 35.5. The lowest BCUT2D eigenvalue weighted by Gasteiger charge is -2.28. The van der Waals surface area contributed by atoms with Crippen LogP contribution in [-0.4, -0.2) is 39.6 Å². The van der Waals surface area contributed by atoms with Crippen LogP contribution in [0.3, 0.4) is 0 Å². The Bertz CT molecular complexity index is 882. The van der Waals surface area contributed by atoms with E-state index in [4.69, 9.17) is 4.74 Å². The van der Waals surface area contributed by atoms with Crippen LogP contribution in [0.5, 0.6) is 0 Å². The monoisotopic (exact) mass is 418 g/mol. The van der Waals surface area contributed by atoms with Gasteiger partial charge >= 0.3 is 5.97 Å². The zero-order chi connectivity index (χ0) is 18.0. The number of fused-ring (bicyclic) bond motifs is 1. The smallest absolute Gasteiger partial charge is 0.348 e. The van der Waals surface area contributed by atoms with E-state index in [2.05, 4.69) is 17.0 Å². The molecule has 0 radical (unpaired) electrons. The fourth-order valence-electron chi connectivity index (χ4n) is 3.02. The molecule has 1 aliphatic heterocycles. The molecule has 2 N–H and O–H groups in total. The van der Waals surface area contributed by atoms with Crippen LogP contribution in [0.25, 0.3) is 10.1 Å². The minimum absolute atomic E-state index is 0. The third kappa shape index (κ3) is 4.75. The number of piperidine rings is 1. The second kappa shape index (κ2) is 8.67. The molecule has 1 aromatic carbocycles. The Morgan fingerprint density at radius 1 is 1.38 bits per heavy atom. The SMILES string of the molecule is CCOC(=O)c1cc2cc(S(=O)(=O)NC3CCNC(C)C3)ccc2s1.Cl. The van der Waals surface area contributed by atoms with E-state index in [0.717, 1.165) is 29.5 Å². The Morgan fingerprint density at radius 2 is 2.15 bits per heavy atom. The number of carbonyl (C=O) groups is 1. The van der Waals surface area contributed by atoms with Crippen LogP contribution in [-0.2, 0) is 14.8 Å². The van der Waals surface area contributed by atoms with Gasteiger partial charge in [0.25, 0.3) is 0 Å². The molecule has 0 spiro atoms. The number of esters is 1. The van der Waals surface area contributed by atoms with Gasteiger partial charge in [0.2, 0.25) is 10.0 Å². The molecule has 26 heavy (non-hydrogen) atoms. The molecule has 2 atom stereocenters. The zero-order valence-corrected chi connectivity index (χ0v) is 17.1. The van der Waals surface area contributed by atoms with Gasteiger partial charge in [0.15, 0.2) is 0 Å². The van der Waals surface area contributed by atoms with E-state index in [0.29, 0.717) is 17.5 Å². The molecule has 2 unspecified atom stereocenters. The maximum atomic E-state index is 12.7. The molecule has 0 saturated carbocycles. The first-order valence-corrected chi connectivity index (χ1v) is 10.7. The van der Waals surface area contributed by atoms with Gasteiger partial charge in [-0.3, -0.25) is 0 Å². The van der Waals surface area contributed by atoms with Crippen molar-refractivity contribution in [1.82, 2.24) is 10.0 Å². The molecule has 3 rings (SSSR count). The van der Waals surface area contributed by atoms with Crippen molar-refractivity contribution in [2.24, 2.45) is 0 Å². The maximum Gasteiger partial charge on any atom is 0.348 e. The molecule has 1 aliphatic rings. The summed E-state index contributed by atoms with van der Waals surface area (Å²) in [5.41, 5.74) is 0. The average Bonchev–Trinajstić information content (AvgIpc) is 2.98. The van der Waals surface area contributed by atoms with Crippen LogP contribution in [0.2, 0.25) is 0 Å². The van der Waals surface area contributed by atoms with Crippen molar-refractivity contribution in [3.8, 4) is 0 Å². The Labute approximate surface area is 163 Å². The van der Waals surface area contributed by atoms with E-state index in [1.165, 1.54) is 11.3 Å². The number of benzene rings is 1. The summed E-state index contributed by atoms with van der Waals surface area (Å²) in [5.74, 6) is -0.380.